The van der Waals surface area contributed by atoms with Gasteiger partial charge in [0.15, 0.2) is 0 Å². The fourth-order valence-corrected chi connectivity index (χ4v) is 1.82. The van der Waals surface area contributed by atoms with Crippen molar-refractivity contribution < 1.29 is 0 Å². The summed E-state index contributed by atoms with van der Waals surface area (Å²) in [5, 5.41) is 3.46. The highest BCUT2D eigenvalue weighted by Gasteiger charge is 2.15. The Morgan fingerprint density at radius 1 is 1.43 bits per heavy atom. The number of hydrogen-bond donors (Lipinski definition) is 1. The van der Waals surface area contributed by atoms with Crippen molar-refractivity contribution in [3.63, 3.8) is 0 Å². The maximum Gasteiger partial charge on any atom is 0.0312 e. The van der Waals surface area contributed by atoms with Crippen molar-refractivity contribution in [2.45, 2.75) is 32.2 Å². The largest absolute Gasteiger partial charge is 0.313 e. The van der Waals surface area contributed by atoms with E-state index in [1.807, 2.05) is 18.5 Å². The molecule has 1 heterocycles. The van der Waals surface area contributed by atoms with Gasteiger partial charge in [-0.25, -0.2) is 0 Å². The highest BCUT2D eigenvalue weighted by molar-refractivity contribution is 5.07. The van der Waals surface area contributed by atoms with Gasteiger partial charge in [-0.15, -0.1) is 0 Å². The fraction of sp³-hybridized carbons (Fsp3) is 0.583. The van der Waals surface area contributed by atoms with Gasteiger partial charge < -0.3 is 5.32 Å². The van der Waals surface area contributed by atoms with Crippen LogP contribution in [0.1, 0.15) is 31.2 Å². The molecule has 0 aromatic carbocycles. The minimum Gasteiger partial charge on any atom is -0.313 e. The van der Waals surface area contributed by atoms with E-state index < -0.39 is 0 Å². The van der Waals surface area contributed by atoms with Crippen LogP contribution in [0.25, 0.3) is 0 Å². The van der Waals surface area contributed by atoms with Crippen LogP contribution >= 0.6 is 0 Å². The van der Waals surface area contributed by atoms with Gasteiger partial charge in [-0.1, -0.05) is 25.3 Å². The maximum absolute atomic E-state index is 4.09. The first-order valence-electron chi connectivity index (χ1n) is 5.55. The summed E-state index contributed by atoms with van der Waals surface area (Å²) in [6.07, 6.45) is 9.45. The Hall–Kier alpha value is -0.890. The Kier molecular flexibility index (Phi) is 3.52. The van der Waals surface area contributed by atoms with Crippen LogP contribution in [0.5, 0.6) is 0 Å². The molecular formula is C12H18N2. The Balaban J connectivity index is 1.58. The molecule has 1 aliphatic carbocycles. The molecule has 0 unspecified atom stereocenters. The third-order valence-corrected chi connectivity index (χ3v) is 3.01. The third kappa shape index (κ3) is 2.81. The molecule has 2 heteroatoms. The third-order valence-electron chi connectivity index (χ3n) is 3.01. The summed E-state index contributed by atoms with van der Waals surface area (Å²) in [6.45, 7) is 2.11. The van der Waals surface area contributed by atoms with Crippen LogP contribution < -0.4 is 5.32 Å². The van der Waals surface area contributed by atoms with Gasteiger partial charge in [0, 0.05) is 18.9 Å². The van der Waals surface area contributed by atoms with Crippen molar-refractivity contribution in [2.75, 3.05) is 6.54 Å². The molecule has 0 spiro atoms. The van der Waals surface area contributed by atoms with Gasteiger partial charge >= 0.3 is 0 Å². The molecular weight excluding hydrogens is 172 g/mol. The predicted molar refractivity (Wildman–Crippen MR) is 57.9 cm³/mol. The summed E-state index contributed by atoms with van der Waals surface area (Å²) in [6, 6.07) is 4.10. The van der Waals surface area contributed by atoms with E-state index in [-0.39, 0.29) is 0 Å². The predicted octanol–water partition coefficient (Wildman–Crippen LogP) is 2.36. The molecule has 1 aromatic heterocycles. The number of nitrogens with zero attached hydrogens (tertiary/aromatic N) is 1. The smallest absolute Gasteiger partial charge is 0.0312 e. The standard InChI is InChI=1S/C12H18N2/c1-3-11(4-1)6-8-14-10-12-5-2-7-13-9-12/h2,5,7,9,11,14H,1,3-4,6,8,10H2. The lowest BCUT2D eigenvalue weighted by molar-refractivity contribution is 0.292. The molecule has 1 aliphatic rings. The lowest BCUT2D eigenvalue weighted by Crippen LogP contribution is -2.21. The Morgan fingerprint density at radius 2 is 2.36 bits per heavy atom. The van der Waals surface area contributed by atoms with E-state index in [4.69, 9.17) is 0 Å². The first kappa shape index (κ1) is 9.66. The van der Waals surface area contributed by atoms with E-state index in [2.05, 4.69) is 16.4 Å². The van der Waals surface area contributed by atoms with Crippen LogP contribution in [0.15, 0.2) is 24.5 Å². The van der Waals surface area contributed by atoms with Crippen molar-refractivity contribution >= 4 is 0 Å². The topological polar surface area (TPSA) is 24.9 Å². The zero-order valence-electron chi connectivity index (χ0n) is 8.58. The number of aromatic nitrogens is 1. The highest BCUT2D eigenvalue weighted by atomic mass is 14.8. The summed E-state index contributed by atoms with van der Waals surface area (Å²) in [5.41, 5.74) is 1.28. The van der Waals surface area contributed by atoms with Crippen LogP contribution in [0, 0.1) is 5.92 Å². The quantitative estimate of drug-likeness (QED) is 0.721. The molecule has 2 rings (SSSR count). The average molecular weight is 190 g/mol. The van der Waals surface area contributed by atoms with E-state index in [0.29, 0.717) is 0 Å². The second kappa shape index (κ2) is 5.11. The monoisotopic (exact) mass is 190 g/mol. The molecule has 2 nitrogen and oxygen atoms in total. The molecule has 0 aliphatic heterocycles. The van der Waals surface area contributed by atoms with Crippen molar-refractivity contribution in [2.24, 2.45) is 5.92 Å². The van der Waals surface area contributed by atoms with Crippen LogP contribution in [0.3, 0.4) is 0 Å². The summed E-state index contributed by atoms with van der Waals surface area (Å²) in [4.78, 5) is 4.09. The molecule has 1 N–H and O–H groups in total. The summed E-state index contributed by atoms with van der Waals surface area (Å²) < 4.78 is 0. The SMILES string of the molecule is c1cncc(CNCCC2CCC2)c1. The molecule has 1 aromatic rings. The molecule has 0 saturated heterocycles. The second-order valence-electron chi connectivity index (χ2n) is 4.12. The number of pyridine rings is 1. The van der Waals surface area contributed by atoms with Gasteiger partial charge in [0.2, 0.25) is 0 Å². The summed E-state index contributed by atoms with van der Waals surface area (Å²) in [5.74, 6) is 1.01. The number of hydrogen-bond acceptors (Lipinski definition) is 2. The van der Waals surface area contributed by atoms with Crippen molar-refractivity contribution in [1.29, 1.82) is 0 Å². The fourth-order valence-electron chi connectivity index (χ4n) is 1.82. The van der Waals surface area contributed by atoms with Crippen LogP contribution in [-0.4, -0.2) is 11.5 Å². The highest BCUT2D eigenvalue weighted by Crippen LogP contribution is 2.28. The van der Waals surface area contributed by atoms with Gasteiger partial charge in [0.05, 0.1) is 0 Å². The van der Waals surface area contributed by atoms with Gasteiger partial charge in [-0.05, 0) is 30.5 Å². The molecule has 1 fully saturated rings. The molecule has 14 heavy (non-hydrogen) atoms. The van der Waals surface area contributed by atoms with E-state index in [1.54, 1.807) is 0 Å². The van der Waals surface area contributed by atoms with Gasteiger partial charge in [0.25, 0.3) is 0 Å². The van der Waals surface area contributed by atoms with Crippen LogP contribution in [0.2, 0.25) is 0 Å². The first-order valence-corrected chi connectivity index (χ1v) is 5.55. The normalized spacial score (nSPS) is 16.6. The maximum atomic E-state index is 4.09. The molecule has 0 bridgehead atoms. The molecule has 0 radical (unpaired) electrons. The van der Waals surface area contributed by atoms with Gasteiger partial charge in [-0.2, -0.15) is 0 Å². The Labute approximate surface area is 85.7 Å². The minimum absolute atomic E-state index is 0.959. The lowest BCUT2D eigenvalue weighted by atomic mass is 9.83. The Morgan fingerprint density at radius 3 is 3.00 bits per heavy atom. The van der Waals surface area contributed by atoms with E-state index in [1.165, 1.54) is 31.2 Å². The van der Waals surface area contributed by atoms with E-state index >= 15 is 0 Å². The molecule has 0 amide bonds. The zero-order valence-corrected chi connectivity index (χ0v) is 8.58. The summed E-state index contributed by atoms with van der Waals surface area (Å²) >= 11 is 0. The van der Waals surface area contributed by atoms with E-state index in [0.717, 1.165) is 19.0 Å². The minimum atomic E-state index is 0.959. The van der Waals surface area contributed by atoms with Crippen molar-refractivity contribution in [1.82, 2.24) is 10.3 Å². The lowest BCUT2D eigenvalue weighted by Gasteiger charge is -2.25. The molecule has 0 atom stereocenters. The Bertz CT molecular complexity index is 254. The average Bonchev–Trinajstić information content (AvgIpc) is 2.16. The number of rotatable bonds is 5. The van der Waals surface area contributed by atoms with Crippen molar-refractivity contribution in [3.05, 3.63) is 30.1 Å². The zero-order chi connectivity index (χ0) is 9.64. The van der Waals surface area contributed by atoms with E-state index in [9.17, 15) is 0 Å². The number of nitrogens with one attached hydrogen (secondary N) is 1. The van der Waals surface area contributed by atoms with Crippen LogP contribution in [-0.2, 0) is 6.54 Å². The van der Waals surface area contributed by atoms with Crippen molar-refractivity contribution in [3.8, 4) is 0 Å². The summed E-state index contributed by atoms with van der Waals surface area (Å²) in [7, 11) is 0. The van der Waals surface area contributed by atoms with Gasteiger partial charge in [0.1, 0.15) is 0 Å². The first-order chi connectivity index (χ1) is 6.95. The molecule has 76 valence electrons. The van der Waals surface area contributed by atoms with Gasteiger partial charge in [-0.3, -0.25) is 4.98 Å². The van der Waals surface area contributed by atoms with Crippen LogP contribution in [0.4, 0.5) is 0 Å². The molecule has 1 saturated carbocycles. The second-order valence-corrected chi connectivity index (χ2v) is 4.12.